The van der Waals surface area contributed by atoms with E-state index in [1.54, 1.807) is 34.6 Å². The summed E-state index contributed by atoms with van der Waals surface area (Å²) >= 11 is 0. The molecule has 1 heterocycles. The Morgan fingerprint density at radius 1 is 0.672 bits per heavy atom. The molecule has 3 aromatic carbocycles. The quantitative estimate of drug-likeness (QED) is 0.0804. The molecule has 0 aromatic heterocycles. The number of carbonyl (C=O) groups excluding carboxylic acids is 7. The molecule has 0 saturated carbocycles. The SMILES string of the molecule is C[C@@H](OCc1ccccc1)[C@H](NC(=O)OC(C)(C)C)C(=O)NCC(=O)N[C@@H](COCc1ccccc1)C(=O)NCC(=O)N[C@H](C(=O)N1CCC[C@H]1C(N)=O)[C@@H](C)OCc1ccccc1. The molecular weight excluding hydrogens is 827 g/mol. The molecule has 346 valence electrons. The molecule has 18 nitrogen and oxygen atoms in total. The van der Waals surface area contributed by atoms with Crippen LogP contribution in [-0.4, -0.2) is 115 Å². The molecule has 1 fully saturated rings. The fourth-order valence-electron chi connectivity index (χ4n) is 6.60. The van der Waals surface area contributed by atoms with Crippen molar-refractivity contribution in [1.29, 1.82) is 0 Å². The minimum absolute atomic E-state index is 0.0874. The van der Waals surface area contributed by atoms with E-state index < -0.39 is 96.6 Å². The largest absolute Gasteiger partial charge is 0.444 e. The summed E-state index contributed by atoms with van der Waals surface area (Å²) < 4.78 is 23.1. The molecule has 3 aromatic rings. The summed E-state index contributed by atoms with van der Waals surface area (Å²) in [5, 5.41) is 12.7. The van der Waals surface area contributed by atoms with Crippen molar-refractivity contribution in [2.75, 3.05) is 26.2 Å². The number of nitrogens with zero attached hydrogens (tertiary/aromatic N) is 1. The topological polar surface area (TPSA) is 246 Å². The van der Waals surface area contributed by atoms with E-state index in [4.69, 9.17) is 24.7 Å². The molecule has 7 N–H and O–H groups in total. The first-order valence-electron chi connectivity index (χ1n) is 21.2. The maximum absolute atomic E-state index is 13.8. The van der Waals surface area contributed by atoms with Crippen LogP contribution in [0.4, 0.5) is 4.79 Å². The monoisotopic (exact) mass is 887 g/mol. The van der Waals surface area contributed by atoms with Crippen molar-refractivity contribution in [3.05, 3.63) is 108 Å². The van der Waals surface area contributed by atoms with Crippen LogP contribution in [0.25, 0.3) is 0 Å². The van der Waals surface area contributed by atoms with Crippen molar-refractivity contribution in [2.45, 2.75) is 109 Å². The number of nitrogens with one attached hydrogen (secondary N) is 5. The summed E-state index contributed by atoms with van der Waals surface area (Å²) in [5.41, 5.74) is 7.18. The van der Waals surface area contributed by atoms with Crippen LogP contribution in [0.1, 0.15) is 64.2 Å². The molecule has 0 unspecified atom stereocenters. The van der Waals surface area contributed by atoms with Crippen LogP contribution < -0.4 is 32.3 Å². The Balaban J connectivity index is 1.41. The number of rotatable bonds is 23. The second-order valence-corrected chi connectivity index (χ2v) is 16.3. The first-order valence-corrected chi connectivity index (χ1v) is 21.2. The highest BCUT2D eigenvalue weighted by Crippen LogP contribution is 2.20. The summed E-state index contributed by atoms with van der Waals surface area (Å²) in [6.07, 6.45) is -1.69. The Morgan fingerprint density at radius 2 is 1.16 bits per heavy atom. The molecule has 6 atom stereocenters. The third kappa shape index (κ3) is 17.1. The average molecular weight is 888 g/mol. The van der Waals surface area contributed by atoms with Gasteiger partial charge in [-0.05, 0) is 64.2 Å². The van der Waals surface area contributed by atoms with E-state index in [1.165, 1.54) is 4.90 Å². The number of likely N-dealkylation sites (tertiary alicyclic amines) is 1. The third-order valence-corrected chi connectivity index (χ3v) is 9.95. The molecule has 0 bridgehead atoms. The van der Waals surface area contributed by atoms with E-state index in [9.17, 15) is 33.6 Å². The van der Waals surface area contributed by atoms with Gasteiger partial charge in [-0.15, -0.1) is 0 Å². The van der Waals surface area contributed by atoms with Crippen molar-refractivity contribution in [2.24, 2.45) is 5.73 Å². The summed E-state index contributed by atoms with van der Waals surface area (Å²) in [7, 11) is 0. The maximum atomic E-state index is 13.8. The van der Waals surface area contributed by atoms with Crippen molar-refractivity contribution in [3.63, 3.8) is 0 Å². The predicted octanol–water partition coefficient (Wildman–Crippen LogP) is 1.99. The zero-order valence-electron chi connectivity index (χ0n) is 37.0. The highest BCUT2D eigenvalue weighted by molar-refractivity contribution is 5.95. The lowest BCUT2D eigenvalue weighted by molar-refractivity contribution is -0.144. The summed E-state index contributed by atoms with van der Waals surface area (Å²) in [6.45, 7) is 7.25. The van der Waals surface area contributed by atoms with Crippen LogP contribution in [0.15, 0.2) is 91.0 Å². The van der Waals surface area contributed by atoms with Gasteiger partial charge in [0.25, 0.3) is 0 Å². The predicted molar refractivity (Wildman–Crippen MR) is 234 cm³/mol. The lowest BCUT2D eigenvalue weighted by Gasteiger charge is -2.31. The van der Waals surface area contributed by atoms with Gasteiger partial charge in [-0.1, -0.05) is 91.0 Å². The van der Waals surface area contributed by atoms with Crippen LogP contribution in [0.3, 0.4) is 0 Å². The summed E-state index contributed by atoms with van der Waals surface area (Å²) in [5.74, 6) is -4.35. The van der Waals surface area contributed by atoms with E-state index in [0.29, 0.717) is 12.8 Å². The molecule has 0 aliphatic carbocycles. The first-order chi connectivity index (χ1) is 30.5. The zero-order valence-corrected chi connectivity index (χ0v) is 37.0. The fraction of sp³-hybridized carbons (Fsp3) is 0.457. The number of hydrogen-bond donors (Lipinski definition) is 6. The molecule has 64 heavy (non-hydrogen) atoms. The van der Waals surface area contributed by atoms with E-state index in [1.807, 2.05) is 91.0 Å². The molecule has 0 radical (unpaired) electrons. The highest BCUT2D eigenvalue weighted by Gasteiger charge is 2.39. The lowest BCUT2D eigenvalue weighted by atomic mass is 10.1. The summed E-state index contributed by atoms with van der Waals surface area (Å²) in [4.78, 5) is 94.0. The van der Waals surface area contributed by atoms with Crippen LogP contribution in [0.5, 0.6) is 0 Å². The van der Waals surface area contributed by atoms with E-state index >= 15 is 0 Å². The van der Waals surface area contributed by atoms with Crippen LogP contribution >= 0.6 is 0 Å². The van der Waals surface area contributed by atoms with Crippen LogP contribution in [0.2, 0.25) is 0 Å². The molecule has 18 heteroatoms. The second kappa shape index (κ2) is 25.1. The fourth-order valence-corrected chi connectivity index (χ4v) is 6.60. The maximum Gasteiger partial charge on any atom is 0.408 e. The van der Waals surface area contributed by atoms with Gasteiger partial charge in [0.05, 0.1) is 51.7 Å². The van der Waals surface area contributed by atoms with E-state index in [0.717, 1.165) is 16.7 Å². The van der Waals surface area contributed by atoms with Crippen molar-refractivity contribution in [1.82, 2.24) is 31.5 Å². The Morgan fingerprint density at radius 3 is 1.67 bits per heavy atom. The Bertz CT molecular complexity index is 2000. The number of hydrogen-bond acceptors (Lipinski definition) is 11. The van der Waals surface area contributed by atoms with E-state index in [2.05, 4.69) is 26.6 Å². The third-order valence-electron chi connectivity index (χ3n) is 9.95. The molecule has 1 aliphatic rings. The lowest BCUT2D eigenvalue weighted by Crippen LogP contribution is -2.59. The normalized spacial score (nSPS) is 16.0. The molecule has 7 amide bonds. The number of amides is 7. The van der Waals surface area contributed by atoms with Gasteiger partial charge >= 0.3 is 6.09 Å². The Kier molecular flexibility index (Phi) is 19.7. The van der Waals surface area contributed by atoms with Crippen LogP contribution in [-0.2, 0) is 67.5 Å². The first kappa shape index (κ1) is 50.3. The highest BCUT2D eigenvalue weighted by atomic mass is 16.6. The van der Waals surface area contributed by atoms with Gasteiger partial charge in [0.15, 0.2) is 0 Å². The van der Waals surface area contributed by atoms with Crippen molar-refractivity contribution >= 4 is 41.5 Å². The molecule has 0 spiro atoms. The summed E-state index contributed by atoms with van der Waals surface area (Å²) in [6, 6.07) is 22.8. The Labute approximate surface area is 373 Å². The second-order valence-electron chi connectivity index (χ2n) is 16.3. The zero-order chi connectivity index (χ0) is 46.6. The molecule has 1 saturated heterocycles. The average Bonchev–Trinajstić information content (AvgIpc) is 3.78. The number of primary amides is 1. The number of alkyl carbamates (subject to hydrolysis) is 1. The van der Waals surface area contributed by atoms with Gasteiger partial charge in [0.2, 0.25) is 35.4 Å². The van der Waals surface area contributed by atoms with Gasteiger partial charge in [0, 0.05) is 6.54 Å². The van der Waals surface area contributed by atoms with Gasteiger partial charge in [-0.3, -0.25) is 28.8 Å². The molecule has 1 aliphatic heterocycles. The number of nitrogens with two attached hydrogens (primary N) is 1. The van der Waals surface area contributed by atoms with Crippen molar-refractivity contribution < 1.29 is 52.5 Å². The van der Waals surface area contributed by atoms with Gasteiger partial charge in [-0.2, -0.15) is 0 Å². The number of ether oxygens (including phenoxy) is 4. The smallest absolute Gasteiger partial charge is 0.408 e. The minimum atomic E-state index is -1.35. The molecular formula is C46H61N7O11. The van der Waals surface area contributed by atoms with E-state index in [-0.39, 0.29) is 33.0 Å². The standard InChI is InChI=1S/C46H61N7O11/c1-30(62-27-33-18-11-7-12-19-33)39(52-45(60)64-46(3,4)5)43(58)49-24-37(54)50-35(29-61-26-32-16-9-6-10-17-32)42(57)48-25-38(55)51-40(31(2)63-28-34-20-13-8-14-21-34)44(59)53-23-15-22-36(53)41(47)56/h6-14,16-21,30-31,35-36,39-40H,15,22-29H2,1-5H3,(H2,47,56)(H,48,57)(H,49,58)(H,50,54)(H,51,55)(H,52,60)/t30-,31-,35+,36+,39+,40+/m1/s1. The molecule has 4 rings (SSSR count). The van der Waals surface area contributed by atoms with Gasteiger partial charge in [-0.25, -0.2) is 4.79 Å². The Hall–Kier alpha value is -6.37. The van der Waals surface area contributed by atoms with Crippen molar-refractivity contribution in [3.8, 4) is 0 Å². The number of benzene rings is 3. The number of carbonyl (C=O) groups is 7. The van der Waals surface area contributed by atoms with Crippen LogP contribution in [0, 0.1) is 0 Å². The minimum Gasteiger partial charge on any atom is -0.444 e. The van der Waals surface area contributed by atoms with Gasteiger partial charge < -0.3 is 56.2 Å². The van der Waals surface area contributed by atoms with Gasteiger partial charge in [0.1, 0.15) is 29.8 Å².